The second-order valence-corrected chi connectivity index (χ2v) is 2.28. The van der Waals surface area contributed by atoms with Crippen LogP contribution in [0.25, 0.3) is 0 Å². The number of benzene rings is 1. The van der Waals surface area contributed by atoms with Crippen molar-refractivity contribution >= 4 is 0 Å². The fourth-order valence-electron chi connectivity index (χ4n) is 0.819. The molecule has 3 heteroatoms. The zero-order valence-electron chi connectivity index (χ0n) is 5.94. The Morgan fingerprint density at radius 3 is 2.36 bits per heavy atom. The van der Waals surface area contributed by atoms with Gasteiger partial charge in [0, 0.05) is 5.56 Å². The van der Waals surface area contributed by atoms with Crippen molar-refractivity contribution in [2.75, 3.05) is 0 Å². The lowest BCUT2D eigenvalue weighted by Gasteiger charge is -2.02. The second kappa shape index (κ2) is 2.95. The molecule has 0 saturated carbocycles. The average molecular weight is 160 g/mol. The van der Waals surface area contributed by atoms with Gasteiger partial charge in [-0.05, 0) is 25.1 Å². The molecule has 11 heavy (non-hydrogen) atoms. The molecule has 60 valence electrons. The Hall–Kier alpha value is -0.990. The lowest BCUT2D eigenvalue weighted by Crippen LogP contribution is -1.92. The molecule has 0 aromatic heterocycles. The van der Waals surface area contributed by atoms with Crippen molar-refractivity contribution in [2.24, 2.45) is 0 Å². The molecule has 0 N–H and O–H groups in total. The molecule has 1 rings (SSSR count). The molecular formula is C8H7F3. The number of rotatable bonds is 1. The fraction of sp³-hybridized carbons (Fsp3) is 0.250. The van der Waals surface area contributed by atoms with Gasteiger partial charge in [-0.3, -0.25) is 0 Å². The molecule has 1 aromatic carbocycles. The molecule has 1 atom stereocenters. The smallest absolute Gasteiger partial charge is 0.129 e. The Balaban J connectivity index is 3.13. The van der Waals surface area contributed by atoms with Crippen LogP contribution in [0.1, 0.15) is 18.7 Å². The van der Waals surface area contributed by atoms with E-state index in [1.54, 1.807) is 0 Å². The Bertz CT molecular complexity index is 256. The number of halogens is 3. The maximum atomic E-state index is 12.6. The van der Waals surface area contributed by atoms with Crippen molar-refractivity contribution in [3.63, 3.8) is 0 Å². The van der Waals surface area contributed by atoms with E-state index < -0.39 is 17.8 Å². The van der Waals surface area contributed by atoms with Gasteiger partial charge >= 0.3 is 0 Å². The Morgan fingerprint density at radius 2 is 1.91 bits per heavy atom. The van der Waals surface area contributed by atoms with Crippen LogP contribution in [0.3, 0.4) is 0 Å². The van der Waals surface area contributed by atoms with E-state index in [1.807, 2.05) is 0 Å². The van der Waals surface area contributed by atoms with E-state index in [9.17, 15) is 13.2 Å². The van der Waals surface area contributed by atoms with Gasteiger partial charge in [-0.1, -0.05) is 0 Å². The highest BCUT2D eigenvalue weighted by Gasteiger charge is 2.09. The van der Waals surface area contributed by atoms with Crippen LogP contribution in [-0.4, -0.2) is 0 Å². The maximum absolute atomic E-state index is 12.6. The molecule has 0 nitrogen and oxygen atoms in total. The standard InChI is InChI=1S/C8H7F3/c1-5(9)7-4-6(10)2-3-8(7)11/h2-5H,1H3. The summed E-state index contributed by atoms with van der Waals surface area (Å²) >= 11 is 0. The summed E-state index contributed by atoms with van der Waals surface area (Å²) in [5.41, 5.74) is -0.231. The van der Waals surface area contributed by atoms with Gasteiger partial charge in [0.05, 0.1) is 0 Å². The largest absolute Gasteiger partial charge is 0.242 e. The summed E-state index contributed by atoms with van der Waals surface area (Å²) in [5.74, 6) is -1.33. The van der Waals surface area contributed by atoms with Crippen molar-refractivity contribution in [3.8, 4) is 0 Å². The molecule has 0 saturated heterocycles. The van der Waals surface area contributed by atoms with E-state index in [2.05, 4.69) is 0 Å². The zero-order valence-corrected chi connectivity index (χ0v) is 5.94. The molecular weight excluding hydrogens is 153 g/mol. The normalized spacial score (nSPS) is 13.1. The van der Waals surface area contributed by atoms with Gasteiger partial charge in [-0.25, -0.2) is 13.2 Å². The minimum atomic E-state index is -1.47. The maximum Gasteiger partial charge on any atom is 0.129 e. The van der Waals surface area contributed by atoms with Crippen molar-refractivity contribution in [2.45, 2.75) is 13.1 Å². The van der Waals surface area contributed by atoms with Gasteiger partial charge in [-0.2, -0.15) is 0 Å². The van der Waals surface area contributed by atoms with Crippen LogP contribution < -0.4 is 0 Å². The predicted octanol–water partition coefficient (Wildman–Crippen LogP) is 3.00. The molecule has 0 amide bonds. The van der Waals surface area contributed by atoms with Crippen molar-refractivity contribution in [3.05, 3.63) is 35.4 Å². The Kier molecular flexibility index (Phi) is 2.17. The first-order chi connectivity index (χ1) is 5.11. The van der Waals surface area contributed by atoms with Gasteiger partial charge in [0.25, 0.3) is 0 Å². The fourth-order valence-corrected chi connectivity index (χ4v) is 0.819. The highest BCUT2D eigenvalue weighted by Crippen LogP contribution is 2.20. The summed E-state index contributed by atoms with van der Waals surface area (Å²) in [4.78, 5) is 0. The highest BCUT2D eigenvalue weighted by atomic mass is 19.1. The number of alkyl halides is 1. The third kappa shape index (κ3) is 1.73. The van der Waals surface area contributed by atoms with Gasteiger partial charge in [0.15, 0.2) is 0 Å². The molecule has 1 unspecified atom stereocenters. The molecule has 0 aliphatic rings. The summed E-state index contributed by atoms with van der Waals surface area (Å²) < 4.78 is 37.5. The second-order valence-electron chi connectivity index (χ2n) is 2.28. The van der Waals surface area contributed by atoms with Gasteiger partial charge < -0.3 is 0 Å². The summed E-state index contributed by atoms with van der Waals surface area (Å²) in [6.45, 7) is 1.16. The van der Waals surface area contributed by atoms with Crippen LogP contribution in [0.2, 0.25) is 0 Å². The van der Waals surface area contributed by atoms with E-state index in [0.717, 1.165) is 25.1 Å². The highest BCUT2D eigenvalue weighted by molar-refractivity contribution is 5.20. The van der Waals surface area contributed by atoms with Gasteiger partial charge in [0.2, 0.25) is 0 Å². The van der Waals surface area contributed by atoms with Crippen LogP contribution >= 0.6 is 0 Å². The summed E-state index contributed by atoms with van der Waals surface area (Å²) in [7, 11) is 0. The van der Waals surface area contributed by atoms with E-state index >= 15 is 0 Å². The zero-order chi connectivity index (χ0) is 8.43. The quantitative estimate of drug-likeness (QED) is 0.592. The van der Waals surface area contributed by atoms with Crippen LogP contribution in [-0.2, 0) is 0 Å². The predicted molar refractivity (Wildman–Crippen MR) is 35.9 cm³/mol. The lowest BCUT2D eigenvalue weighted by molar-refractivity contribution is 0.359. The average Bonchev–Trinajstić information content (AvgIpc) is 1.94. The molecule has 0 aliphatic carbocycles. The molecule has 1 aromatic rings. The topological polar surface area (TPSA) is 0 Å². The molecule has 0 radical (unpaired) electrons. The van der Waals surface area contributed by atoms with E-state index in [1.165, 1.54) is 0 Å². The minimum absolute atomic E-state index is 0.231. The first-order valence-electron chi connectivity index (χ1n) is 3.20. The monoisotopic (exact) mass is 160 g/mol. The van der Waals surface area contributed by atoms with Crippen molar-refractivity contribution < 1.29 is 13.2 Å². The number of hydrogen-bond donors (Lipinski definition) is 0. The van der Waals surface area contributed by atoms with Crippen LogP contribution in [0, 0.1) is 11.6 Å². The van der Waals surface area contributed by atoms with E-state index in [-0.39, 0.29) is 5.56 Å². The molecule has 0 fully saturated rings. The van der Waals surface area contributed by atoms with Gasteiger partial charge in [-0.15, -0.1) is 0 Å². The van der Waals surface area contributed by atoms with Crippen LogP contribution in [0.4, 0.5) is 13.2 Å². The third-order valence-electron chi connectivity index (χ3n) is 1.39. The van der Waals surface area contributed by atoms with Crippen molar-refractivity contribution in [1.82, 2.24) is 0 Å². The Morgan fingerprint density at radius 1 is 1.27 bits per heavy atom. The van der Waals surface area contributed by atoms with Crippen molar-refractivity contribution in [1.29, 1.82) is 0 Å². The summed E-state index contributed by atoms with van der Waals surface area (Å²) in [5, 5.41) is 0. The van der Waals surface area contributed by atoms with Gasteiger partial charge in [0.1, 0.15) is 17.8 Å². The van der Waals surface area contributed by atoms with Crippen LogP contribution in [0.15, 0.2) is 18.2 Å². The first-order valence-corrected chi connectivity index (χ1v) is 3.20. The van der Waals surface area contributed by atoms with Crippen LogP contribution in [0.5, 0.6) is 0 Å². The molecule has 0 spiro atoms. The summed E-state index contributed by atoms with van der Waals surface area (Å²) in [6, 6.07) is 2.74. The Labute approximate surface area is 62.7 Å². The minimum Gasteiger partial charge on any atom is -0.242 e. The molecule has 0 bridgehead atoms. The third-order valence-corrected chi connectivity index (χ3v) is 1.39. The lowest BCUT2D eigenvalue weighted by atomic mass is 10.1. The number of hydrogen-bond acceptors (Lipinski definition) is 0. The van der Waals surface area contributed by atoms with E-state index in [4.69, 9.17) is 0 Å². The summed E-state index contributed by atoms with van der Waals surface area (Å²) in [6.07, 6.45) is -1.47. The SMILES string of the molecule is CC(F)c1cc(F)ccc1F. The molecule has 0 aliphatic heterocycles. The first kappa shape index (κ1) is 8.11. The molecule has 0 heterocycles. The van der Waals surface area contributed by atoms with E-state index in [0.29, 0.717) is 0 Å².